The zero-order valence-corrected chi connectivity index (χ0v) is 20.1. The van der Waals surface area contributed by atoms with Gasteiger partial charge in [0.25, 0.3) is 5.91 Å². The van der Waals surface area contributed by atoms with Crippen molar-refractivity contribution in [2.45, 2.75) is 38.6 Å². The van der Waals surface area contributed by atoms with E-state index in [0.717, 1.165) is 43.1 Å². The van der Waals surface area contributed by atoms with Crippen LogP contribution in [0.4, 0.5) is 5.69 Å². The summed E-state index contributed by atoms with van der Waals surface area (Å²) in [5, 5.41) is 12.8. The maximum absolute atomic E-state index is 13.1. The molecule has 10 nitrogen and oxygen atoms in total. The molecule has 0 aliphatic heterocycles. The van der Waals surface area contributed by atoms with Gasteiger partial charge in [-0.15, -0.1) is 0 Å². The fraction of sp³-hybridized carbons (Fsp3) is 0.400. The summed E-state index contributed by atoms with van der Waals surface area (Å²) in [4.78, 5) is 30.8. The van der Waals surface area contributed by atoms with Crippen LogP contribution in [0.1, 0.15) is 49.0 Å². The van der Waals surface area contributed by atoms with Crippen molar-refractivity contribution in [1.82, 2.24) is 29.3 Å². The van der Waals surface area contributed by atoms with Gasteiger partial charge in [0.15, 0.2) is 5.65 Å². The van der Waals surface area contributed by atoms with E-state index in [0.29, 0.717) is 34.6 Å². The van der Waals surface area contributed by atoms with E-state index >= 15 is 0 Å². The van der Waals surface area contributed by atoms with Crippen LogP contribution in [0.15, 0.2) is 43.0 Å². The van der Waals surface area contributed by atoms with Gasteiger partial charge in [-0.05, 0) is 43.7 Å². The number of hydrogen-bond acceptors (Lipinski definition) is 6. The highest BCUT2D eigenvalue weighted by molar-refractivity contribution is 6.09. The van der Waals surface area contributed by atoms with Gasteiger partial charge in [0, 0.05) is 50.6 Å². The second-order valence-electron chi connectivity index (χ2n) is 9.19. The molecule has 0 radical (unpaired) electrons. The highest BCUT2D eigenvalue weighted by Crippen LogP contribution is 2.34. The van der Waals surface area contributed by atoms with E-state index in [9.17, 15) is 9.59 Å². The standard InChI is InChI=1S/C25H29N7O3/c1-16(33)30(2)14-17-5-7-19(8-6-17)32-15-18-11-20(23(35-3)12-21(18)29-32)25(34)28-22-13-27-31-10-4-9-26-24(22)31/h4,9-13,15,17,19H,5-8,14H2,1-3H3,(H,28,34). The van der Waals surface area contributed by atoms with Crippen molar-refractivity contribution < 1.29 is 14.3 Å². The molecule has 35 heavy (non-hydrogen) atoms. The monoisotopic (exact) mass is 475 g/mol. The Morgan fingerprint density at radius 1 is 1.23 bits per heavy atom. The Hall–Kier alpha value is -3.95. The molecular formula is C25H29N7O3. The molecule has 0 spiro atoms. The van der Waals surface area contributed by atoms with Gasteiger partial charge in [-0.25, -0.2) is 9.50 Å². The van der Waals surface area contributed by atoms with Crippen molar-refractivity contribution in [3.8, 4) is 5.75 Å². The van der Waals surface area contributed by atoms with E-state index < -0.39 is 0 Å². The summed E-state index contributed by atoms with van der Waals surface area (Å²) in [6.07, 6.45) is 11.2. The molecule has 0 bridgehead atoms. The number of anilines is 1. The fourth-order valence-electron chi connectivity index (χ4n) is 4.82. The van der Waals surface area contributed by atoms with Crippen molar-refractivity contribution in [2.75, 3.05) is 26.0 Å². The van der Waals surface area contributed by atoms with Crippen LogP contribution in [0.5, 0.6) is 5.75 Å². The lowest BCUT2D eigenvalue weighted by atomic mass is 9.86. The molecule has 1 aromatic carbocycles. The quantitative estimate of drug-likeness (QED) is 0.457. The lowest BCUT2D eigenvalue weighted by molar-refractivity contribution is -0.128. The van der Waals surface area contributed by atoms with Crippen LogP contribution in [-0.4, -0.2) is 61.8 Å². The first kappa shape index (κ1) is 22.8. The number of fused-ring (bicyclic) bond motifs is 2. The second-order valence-corrected chi connectivity index (χ2v) is 9.19. The van der Waals surface area contributed by atoms with Gasteiger partial charge in [-0.1, -0.05) is 0 Å². The summed E-state index contributed by atoms with van der Waals surface area (Å²) in [7, 11) is 3.41. The summed E-state index contributed by atoms with van der Waals surface area (Å²) in [5.74, 6) is 0.792. The number of hydrogen-bond donors (Lipinski definition) is 1. The van der Waals surface area contributed by atoms with Gasteiger partial charge in [-0.2, -0.15) is 10.2 Å². The first-order valence-electron chi connectivity index (χ1n) is 11.8. The average Bonchev–Trinajstić information content (AvgIpc) is 3.47. The van der Waals surface area contributed by atoms with Crippen LogP contribution in [0.3, 0.4) is 0 Å². The predicted molar refractivity (Wildman–Crippen MR) is 132 cm³/mol. The minimum atomic E-state index is -0.299. The van der Waals surface area contributed by atoms with Crippen LogP contribution >= 0.6 is 0 Å². The molecule has 4 aromatic rings. The number of carbonyl (C=O) groups is 2. The number of amides is 2. The number of aromatic nitrogens is 5. The van der Waals surface area contributed by atoms with Crippen molar-refractivity contribution in [1.29, 1.82) is 0 Å². The number of rotatable bonds is 6. The topological polar surface area (TPSA) is 107 Å². The molecule has 1 fully saturated rings. The third kappa shape index (κ3) is 4.55. The first-order chi connectivity index (χ1) is 16.9. The minimum Gasteiger partial charge on any atom is -0.496 e. The molecule has 3 heterocycles. The number of nitrogens with one attached hydrogen (secondary N) is 1. The van der Waals surface area contributed by atoms with Crippen molar-refractivity contribution in [3.63, 3.8) is 0 Å². The molecule has 2 amide bonds. The van der Waals surface area contributed by atoms with Crippen molar-refractivity contribution in [3.05, 3.63) is 48.5 Å². The number of benzene rings is 1. The molecular weight excluding hydrogens is 446 g/mol. The lowest BCUT2D eigenvalue weighted by Crippen LogP contribution is -2.32. The van der Waals surface area contributed by atoms with Gasteiger partial charge < -0.3 is 15.0 Å². The molecule has 0 unspecified atom stereocenters. The largest absolute Gasteiger partial charge is 0.496 e. The molecule has 1 aliphatic carbocycles. The normalized spacial score (nSPS) is 18.0. The van der Waals surface area contributed by atoms with Gasteiger partial charge in [0.05, 0.1) is 30.4 Å². The molecule has 5 rings (SSSR count). The van der Waals surface area contributed by atoms with E-state index in [1.165, 1.54) is 0 Å². The smallest absolute Gasteiger partial charge is 0.259 e. The Morgan fingerprint density at radius 3 is 2.77 bits per heavy atom. The molecule has 10 heteroatoms. The summed E-state index contributed by atoms with van der Waals surface area (Å²) in [6.45, 7) is 2.42. The van der Waals surface area contributed by atoms with Crippen LogP contribution in [0.25, 0.3) is 16.6 Å². The summed E-state index contributed by atoms with van der Waals surface area (Å²) < 4.78 is 9.15. The highest BCUT2D eigenvalue weighted by Gasteiger charge is 2.25. The third-order valence-corrected chi connectivity index (χ3v) is 6.88. The molecule has 0 saturated heterocycles. The second kappa shape index (κ2) is 9.36. The molecule has 1 N–H and O–H groups in total. The van der Waals surface area contributed by atoms with Crippen LogP contribution in [-0.2, 0) is 4.79 Å². The SMILES string of the molecule is COc1cc2nn(C3CCC(CN(C)C(C)=O)CC3)cc2cc1C(=O)Nc1cnn2cccnc12. The Kier molecular flexibility index (Phi) is 6.10. The first-order valence-corrected chi connectivity index (χ1v) is 11.8. The Morgan fingerprint density at radius 2 is 2.03 bits per heavy atom. The van der Waals surface area contributed by atoms with Crippen LogP contribution < -0.4 is 10.1 Å². The number of nitrogens with zero attached hydrogens (tertiary/aromatic N) is 6. The average molecular weight is 476 g/mol. The van der Waals surface area contributed by atoms with E-state index in [4.69, 9.17) is 9.84 Å². The van der Waals surface area contributed by atoms with E-state index in [1.54, 1.807) is 48.1 Å². The van der Waals surface area contributed by atoms with Crippen molar-refractivity contribution in [2.24, 2.45) is 5.92 Å². The van der Waals surface area contributed by atoms with Crippen LogP contribution in [0, 0.1) is 5.92 Å². The third-order valence-electron chi connectivity index (χ3n) is 6.88. The van der Waals surface area contributed by atoms with Gasteiger partial charge in [0.2, 0.25) is 5.91 Å². The summed E-state index contributed by atoms with van der Waals surface area (Å²) in [5.41, 5.74) is 2.31. The zero-order chi connectivity index (χ0) is 24.5. The molecule has 1 saturated carbocycles. The Labute approximate surface area is 202 Å². The highest BCUT2D eigenvalue weighted by atomic mass is 16.5. The number of carbonyl (C=O) groups excluding carboxylic acids is 2. The molecule has 1 aliphatic rings. The zero-order valence-electron chi connectivity index (χ0n) is 20.1. The number of ether oxygens (including phenoxy) is 1. The Balaban J connectivity index is 1.34. The van der Waals surface area contributed by atoms with Gasteiger partial charge in [-0.3, -0.25) is 14.3 Å². The molecule has 3 aromatic heterocycles. The summed E-state index contributed by atoms with van der Waals surface area (Å²) >= 11 is 0. The maximum Gasteiger partial charge on any atom is 0.259 e. The predicted octanol–water partition coefficient (Wildman–Crippen LogP) is 3.55. The number of methoxy groups -OCH3 is 1. The van der Waals surface area contributed by atoms with Gasteiger partial charge >= 0.3 is 0 Å². The van der Waals surface area contributed by atoms with Gasteiger partial charge in [0.1, 0.15) is 11.4 Å². The maximum atomic E-state index is 13.1. The van der Waals surface area contributed by atoms with Crippen LogP contribution in [0.2, 0.25) is 0 Å². The molecule has 182 valence electrons. The minimum absolute atomic E-state index is 0.108. The molecule has 0 atom stereocenters. The van der Waals surface area contributed by atoms with Crippen molar-refractivity contribution >= 4 is 34.1 Å². The van der Waals surface area contributed by atoms with E-state index in [-0.39, 0.29) is 11.8 Å². The Bertz CT molecular complexity index is 1380. The lowest BCUT2D eigenvalue weighted by Gasteiger charge is -2.31. The summed E-state index contributed by atoms with van der Waals surface area (Å²) in [6, 6.07) is 5.70. The van der Waals surface area contributed by atoms with E-state index in [1.807, 2.05) is 30.1 Å². The van der Waals surface area contributed by atoms with E-state index in [2.05, 4.69) is 15.4 Å². The fourth-order valence-corrected chi connectivity index (χ4v) is 4.82.